The molecule has 2 aromatic rings. The maximum Gasteiger partial charge on any atom is 0.344 e. The normalized spacial score (nSPS) is 10.0. The molecule has 0 aliphatic rings. The van der Waals surface area contributed by atoms with Gasteiger partial charge in [-0.25, -0.2) is 4.79 Å². The van der Waals surface area contributed by atoms with Crippen molar-refractivity contribution >= 4 is 52.4 Å². The summed E-state index contributed by atoms with van der Waals surface area (Å²) in [4.78, 5) is 34.4. The highest BCUT2D eigenvalue weighted by Crippen LogP contribution is 2.27. The molecule has 0 aliphatic carbocycles. The van der Waals surface area contributed by atoms with Gasteiger partial charge in [-0.15, -0.1) is 0 Å². The zero-order valence-corrected chi connectivity index (χ0v) is 15.8. The van der Waals surface area contributed by atoms with Crippen LogP contribution in [-0.2, 0) is 19.1 Å². The van der Waals surface area contributed by atoms with E-state index in [0.717, 1.165) is 0 Å². The average molecular weight is 411 g/mol. The Bertz CT molecular complexity index is 840. The van der Waals surface area contributed by atoms with Gasteiger partial charge in [0.05, 0.1) is 5.02 Å². The predicted octanol–water partition coefficient (Wildman–Crippen LogP) is 3.51. The summed E-state index contributed by atoms with van der Waals surface area (Å²) in [5, 5.41) is 5.87. The largest absolute Gasteiger partial charge is 0.480 e. The fraction of sp³-hybridized carbons (Fsp3) is 0.167. The number of hydrogen-bond acceptors (Lipinski definition) is 5. The Kier molecular flexibility index (Phi) is 7.45. The molecule has 0 radical (unpaired) electrons. The van der Waals surface area contributed by atoms with Gasteiger partial charge in [-0.2, -0.15) is 0 Å². The predicted molar refractivity (Wildman–Crippen MR) is 102 cm³/mol. The second-order valence-corrected chi connectivity index (χ2v) is 6.17. The molecule has 2 aromatic carbocycles. The van der Waals surface area contributed by atoms with Gasteiger partial charge in [-0.3, -0.25) is 9.59 Å². The van der Waals surface area contributed by atoms with Crippen LogP contribution in [0.1, 0.15) is 6.92 Å². The molecule has 0 atom stereocenters. The van der Waals surface area contributed by atoms with E-state index in [1.165, 1.54) is 19.1 Å². The quantitative estimate of drug-likeness (QED) is 0.681. The van der Waals surface area contributed by atoms with Crippen LogP contribution in [0.2, 0.25) is 10.0 Å². The molecule has 0 saturated carbocycles. The summed E-state index contributed by atoms with van der Waals surface area (Å²) in [7, 11) is 0. The summed E-state index contributed by atoms with van der Waals surface area (Å²) < 4.78 is 10.1. The number of esters is 1. The lowest BCUT2D eigenvalue weighted by Crippen LogP contribution is -2.23. The number of anilines is 2. The summed E-state index contributed by atoms with van der Waals surface area (Å²) in [5.41, 5.74) is 1.10. The monoisotopic (exact) mass is 410 g/mol. The molecular weight excluding hydrogens is 395 g/mol. The molecule has 0 unspecified atom stereocenters. The number of halogens is 2. The topological polar surface area (TPSA) is 93.7 Å². The molecular formula is C18H16Cl2N2O5. The lowest BCUT2D eigenvalue weighted by Gasteiger charge is -2.09. The van der Waals surface area contributed by atoms with Gasteiger partial charge in [0.15, 0.2) is 13.2 Å². The molecule has 2 amide bonds. The maximum absolute atomic E-state index is 11.8. The highest BCUT2D eigenvalue weighted by atomic mass is 35.5. The molecule has 0 aromatic heterocycles. The second kappa shape index (κ2) is 9.80. The van der Waals surface area contributed by atoms with E-state index in [1.807, 2.05) is 0 Å². The van der Waals surface area contributed by atoms with Gasteiger partial charge in [-0.05, 0) is 42.5 Å². The fourth-order valence-electron chi connectivity index (χ4n) is 1.95. The van der Waals surface area contributed by atoms with Crippen LogP contribution in [0.4, 0.5) is 11.4 Å². The lowest BCUT2D eigenvalue weighted by molar-refractivity contribution is -0.149. The molecule has 9 heteroatoms. The minimum atomic E-state index is -0.725. The minimum absolute atomic E-state index is 0.194. The molecule has 2 rings (SSSR count). The van der Waals surface area contributed by atoms with Crippen LogP contribution in [0, 0.1) is 0 Å². The van der Waals surface area contributed by atoms with E-state index in [1.54, 1.807) is 30.3 Å². The van der Waals surface area contributed by atoms with Crippen molar-refractivity contribution in [1.82, 2.24) is 0 Å². The van der Waals surface area contributed by atoms with Crippen LogP contribution < -0.4 is 15.4 Å². The molecule has 7 nitrogen and oxygen atoms in total. The third kappa shape index (κ3) is 7.16. The minimum Gasteiger partial charge on any atom is -0.480 e. The van der Waals surface area contributed by atoms with Gasteiger partial charge in [0.1, 0.15) is 5.75 Å². The Hall–Kier alpha value is -2.77. The standard InChI is InChI=1S/C18H16Cl2N2O5/c1-11(23)21-13-3-5-14(6-4-13)22-17(24)9-27-18(25)10-26-16-7-2-12(19)8-15(16)20/h2-8H,9-10H2,1H3,(H,21,23)(H,22,24). The Balaban J connectivity index is 1.74. The van der Waals surface area contributed by atoms with Gasteiger partial charge in [0, 0.05) is 23.3 Å². The summed E-state index contributed by atoms with van der Waals surface area (Å²) in [6, 6.07) is 11.1. The third-order valence-corrected chi connectivity index (χ3v) is 3.62. The average Bonchev–Trinajstić information content (AvgIpc) is 2.60. The molecule has 0 bridgehead atoms. The van der Waals surface area contributed by atoms with E-state index in [9.17, 15) is 14.4 Å². The number of nitrogens with one attached hydrogen (secondary N) is 2. The molecule has 0 spiro atoms. The van der Waals surface area contributed by atoms with Crippen molar-refractivity contribution in [3.8, 4) is 5.75 Å². The van der Waals surface area contributed by atoms with Gasteiger partial charge in [0.2, 0.25) is 5.91 Å². The molecule has 27 heavy (non-hydrogen) atoms. The zero-order chi connectivity index (χ0) is 19.8. The lowest BCUT2D eigenvalue weighted by atomic mass is 10.2. The number of hydrogen-bond donors (Lipinski definition) is 2. The summed E-state index contributed by atoms with van der Waals surface area (Å²) >= 11 is 11.7. The van der Waals surface area contributed by atoms with Crippen molar-refractivity contribution in [2.24, 2.45) is 0 Å². The Morgan fingerprint density at radius 2 is 1.56 bits per heavy atom. The zero-order valence-electron chi connectivity index (χ0n) is 14.3. The Labute approximate surface area is 165 Å². The highest BCUT2D eigenvalue weighted by Gasteiger charge is 2.10. The van der Waals surface area contributed by atoms with Crippen LogP contribution in [0.5, 0.6) is 5.75 Å². The van der Waals surface area contributed by atoms with Crippen LogP contribution in [0.25, 0.3) is 0 Å². The second-order valence-electron chi connectivity index (χ2n) is 5.33. The van der Waals surface area contributed by atoms with E-state index >= 15 is 0 Å². The van der Waals surface area contributed by atoms with Crippen molar-refractivity contribution in [1.29, 1.82) is 0 Å². The van der Waals surface area contributed by atoms with Gasteiger partial charge in [0.25, 0.3) is 5.91 Å². The van der Waals surface area contributed by atoms with Crippen LogP contribution in [0.15, 0.2) is 42.5 Å². The van der Waals surface area contributed by atoms with Crippen molar-refractivity contribution in [2.45, 2.75) is 6.92 Å². The molecule has 2 N–H and O–H groups in total. The Morgan fingerprint density at radius 1 is 0.926 bits per heavy atom. The first-order valence-electron chi connectivity index (χ1n) is 7.74. The number of carbonyl (C=O) groups is 3. The van der Waals surface area contributed by atoms with Crippen molar-refractivity contribution in [3.63, 3.8) is 0 Å². The smallest absolute Gasteiger partial charge is 0.344 e. The molecule has 142 valence electrons. The number of amides is 2. The number of rotatable bonds is 7. The molecule has 0 fully saturated rings. The van der Waals surface area contributed by atoms with E-state index < -0.39 is 25.1 Å². The maximum atomic E-state index is 11.8. The number of ether oxygens (including phenoxy) is 2. The Morgan fingerprint density at radius 3 is 2.15 bits per heavy atom. The van der Waals surface area contributed by atoms with E-state index in [2.05, 4.69) is 10.6 Å². The first kappa shape index (κ1) is 20.5. The fourth-order valence-corrected chi connectivity index (χ4v) is 2.42. The summed E-state index contributed by atoms with van der Waals surface area (Å²) in [5.74, 6) is -1.15. The first-order valence-corrected chi connectivity index (χ1v) is 8.50. The molecule has 0 heterocycles. The van der Waals surface area contributed by atoms with Crippen molar-refractivity contribution in [3.05, 3.63) is 52.5 Å². The van der Waals surface area contributed by atoms with E-state index in [-0.39, 0.29) is 16.7 Å². The van der Waals surface area contributed by atoms with Gasteiger partial charge < -0.3 is 20.1 Å². The molecule has 0 aliphatic heterocycles. The van der Waals surface area contributed by atoms with E-state index in [0.29, 0.717) is 16.4 Å². The van der Waals surface area contributed by atoms with E-state index in [4.69, 9.17) is 32.7 Å². The highest BCUT2D eigenvalue weighted by molar-refractivity contribution is 6.35. The number of carbonyl (C=O) groups excluding carboxylic acids is 3. The van der Waals surface area contributed by atoms with Crippen LogP contribution >= 0.6 is 23.2 Å². The summed E-state index contributed by atoms with van der Waals surface area (Å²) in [6.45, 7) is 0.526. The van der Waals surface area contributed by atoms with Gasteiger partial charge >= 0.3 is 5.97 Å². The van der Waals surface area contributed by atoms with Crippen LogP contribution in [0.3, 0.4) is 0 Å². The summed E-state index contributed by atoms with van der Waals surface area (Å²) in [6.07, 6.45) is 0. The van der Waals surface area contributed by atoms with Gasteiger partial charge in [-0.1, -0.05) is 23.2 Å². The molecule has 0 saturated heterocycles. The third-order valence-electron chi connectivity index (χ3n) is 3.09. The van der Waals surface area contributed by atoms with Crippen molar-refractivity contribution in [2.75, 3.05) is 23.8 Å². The SMILES string of the molecule is CC(=O)Nc1ccc(NC(=O)COC(=O)COc2ccc(Cl)cc2Cl)cc1. The first-order chi connectivity index (χ1) is 12.8. The van der Waals surface area contributed by atoms with Crippen LogP contribution in [-0.4, -0.2) is 31.0 Å². The van der Waals surface area contributed by atoms with Crippen molar-refractivity contribution < 1.29 is 23.9 Å². The number of benzene rings is 2.